The molecule has 2 aromatic carbocycles. The molecule has 1 saturated heterocycles. The quantitative estimate of drug-likeness (QED) is 0.490. The summed E-state index contributed by atoms with van der Waals surface area (Å²) in [6.07, 6.45) is 5.52. The number of hydrogen-bond donors (Lipinski definition) is 1. The molecule has 2 atom stereocenters. The van der Waals surface area contributed by atoms with E-state index in [0.717, 1.165) is 25.1 Å². The largest absolute Gasteiger partial charge is 0.408 e. The number of benzene rings is 2. The highest BCUT2D eigenvalue weighted by atomic mass is 16.5. The number of rotatable bonds is 7. The van der Waals surface area contributed by atoms with Crippen molar-refractivity contribution in [2.24, 2.45) is 5.92 Å². The van der Waals surface area contributed by atoms with Crippen molar-refractivity contribution in [2.75, 3.05) is 11.9 Å². The lowest BCUT2D eigenvalue weighted by Crippen LogP contribution is -2.27. The number of aromatic nitrogens is 2. The van der Waals surface area contributed by atoms with Crippen LogP contribution in [0.25, 0.3) is 11.1 Å². The molecule has 1 aromatic heterocycles. The SMILES string of the molecule is CCC12CCC(c3ccc(-c4ccc(Nc5nnc(CC(C)C)o5)cc4)cc3)(CO1)C2. The van der Waals surface area contributed by atoms with Crippen molar-refractivity contribution >= 4 is 11.7 Å². The van der Waals surface area contributed by atoms with Crippen molar-refractivity contribution in [1.82, 2.24) is 10.2 Å². The Balaban J connectivity index is 1.27. The van der Waals surface area contributed by atoms with Gasteiger partial charge in [-0.1, -0.05) is 62.3 Å². The molecule has 1 aliphatic carbocycles. The zero-order valence-electron chi connectivity index (χ0n) is 18.6. The summed E-state index contributed by atoms with van der Waals surface area (Å²) in [5, 5.41) is 11.4. The fourth-order valence-electron chi connectivity index (χ4n) is 5.15. The summed E-state index contributed by atoms with van der Waals surface area (Å²) in [5.74, 6) is 1.16. The molecule has 5 rings (SSSR count). The topological polar surface area (TPSA) is 60.2 Å². The third-order valence-electron chi connectivity index (χ3n) is 7.04. The lowest BCUT2D eigenvalue weighted by molar-refractivity contribution is -0.0224. The summed E-state index contributed by atoms with van der Waals surface area (Å²) < 4.78 is 11.9. The molecular weight excluding hydrogens is 386 g/mol. The maximum atomic E-state index is 6.22. The Morgan fingerprint density at radius 3 is 2.26 bits per heavy atom. The molecule has 2 aliphatic rings. The number of hydrogen-bond acceptors (Lipinski definition) is 5. The van der Waals surface area contributed by atoms with Gasteiger partial charge in [-0.2, -0.15) is 0 Å². The Kier molecular flexibility index (Phi) is 5.09. The number of nitrogens with zero attached hydrogens (tertiary/aromatic N) is 2. The molecule has 0 radical (unpaired) electrons. The van der Waals surface area contributed by atoms with Gasteiger partial charge in [0.1, 0.15) is 0 Å². The molecule has 2 unspecified atom stereocenters. The van der Waals surface area contributed by atoms with Crippen molar-refractivity contribution < 1.29 is 9.15 Å². The average molecular weight is 418 g/mol. The Bertz CT molecular complexity index is 1030. The van der Waals surface area contributed by atoms with E-state index in [1.165, 1.54) is 36.0 Å². The zero-order valence-corrected chi connectivity index (χ0v) is 18.6. The van der Waals surface area contributed by atoms with E-state index < -0.39 is 0 Å². The fraction of sp³-hybridized carbons (Fsp3) is 0.462. The van der Waals surface area contributed by atoms with Crippen LogP contribution >= 0.6 is 0 Å². The Morgan fingerprint density at radius 2 is 1.68 bits per heavy atom. The van der Waals surface area contributed by atoms with Crippen LogP contribution in [0.1, 0.15) is 57.9 Å². The predicted molar refractivity (Wildman–Crippen MR) is 123 cm³/mol. The second-order valence-electron chi connectivity index (χ2n) is 9.66. The summed E-state index contributed by atoms with van der Waals surface area (Å²) >= 11 is 0. The second-order valence-corrected chi connectivity index (χ2v) is 9.66. The molecule has 5 heteroatoms. The van der Waals surface area contributed by atoms with Crippen LogP contribution in [0.2, 0.25) is 0 Å². The van der Waals surface area contributed by atoms with E-state index in [0.29, 0.717) is 17.8 Å². The van der Waals surface area contributed by atoms with Gasteiger partial charge in [-0.05, 0) is 60.4 Å². The minimum Gasteiger partial charge on any atom is -0.408 e. The second kappa shape index (κ2) is 7.79. The molecule has 5 nitrogen and oxygen atoms in total. The molecule has 1 aliphatic heterocycles. The number of fused-ring (bicyclic) bond motifs is 2. The van der Waals surface area contributed by atoms with Crippen LogP contribution in [0.3, 0.4) is 0 Å². The van der Waals surface area contributed by atoms with E-state index in [1.54, 1.807) is 0 Å². The Morgan fingerprint density at radius 1 is 0.968 bits per heavy atom. The lowest BCUT2D eigenvalue weighted by Gasteiger charge is -2.28. The van der Waals surface area contributed by atoms with Gasteiger partial charge in [-0.25, -0.2) is 0 Å². The molecule has 1 saturated carbocycles. The Hall–Kier alpha value is -2.66. The van der Waals surface area contributed by atoms with Gasteiger partial charge in [0.15, 0.2) is 0 Å². The van der Waals surface area contributed by atoms with Crippen LogP contribution in [-0.2, 0) is 16.6 Å². The predicted octanol–water partition coefficient (Wildman–Crippen LogP) is 6.28. The van der Waals surface area contributed by atoms with Gasteiger partial charge < -0.3 is 14.5 Å². The number of anilines is 2. The van der Waals surface area contributed by atoms with Crippen molar-refractivity contribution in [3.8, 4) is 11.1 Å². The van der Waals surface area contributed by atoms with E-state index in [1.807, 2.05) is 12.1 Å². The van der Waals surface area contributed by atoms with Gasteiger partial charge in [-0.15, -0.1) is 5.10 Å². The van der Waals surface area contributed by atoms with Gasteiger partial charge in [0.2, 0.25) is 5.89 Å². The molecule has 162 valence electrons. The van der Waals surface area contributed by atoms with E-state index >= 15 is 0 Å². The summed E-state index contributed by atoms with van der Waals surface area (Å²) in [6.45, 7) is 7.40. The van der Waals surface area contributed by atoms with E-state index in [2.05, 4.69) is 72.7 Å². The Labute approximate surface area is 184 Å². The summed E-state index contributed by atoms with van der Waals surface area (Å²) in [6, 6.07) is 17.9. The highest BCUT2D eigenvalue weighted by Crippen LogP contribution is 2.55. The van der Waals surface area contributed by atoms with Gasteiger partial charge >= 0.3 is 6.01 Å². The van der Waals surface area contributed by atoms with E-state index in [9.17, 15) is 0 Å². The summed E-state index contributed by atoms with van der Waals surface area (Å²) in [5.41, 5.74) is 5.14. The van der Waals surface area contributed by atoms with Crippen LogP contribution in [0, 0.1) is 5.92 Å². The maximum absolute atomic E-state index is 6.22. The minimum absolute atomic E-state index is 0.134. The van der Waals surface area contributed by atoms with Crippen molar-refractivity contribution in [1.29, 1.82) is 0 Å². The normalized spacial score (nSPS) is 24.8. The van der Waals surface area contributed by atoms with Crippen LogP contribution in [-0.4, -0.2) is 22.4 Å². The summed E-state index contributed by atoms with van der Waals surface area (Å²) in [7, 11) is 0. The molecule has 1 N–H and O–H groups in total. The highest BCUT2D eigenvalue weighted by Gasteiger charge is 2.55. The third kappa shape index (κ3) is 3.87. The average Bonchev–Trinajstić information content (AvgIpc) is 3.49. The van der Waals surface area contributed by atoms with Gasteiger partial charge in [0, 0.05) is 17.5 Å². The molecule has 2 heterocycles. The molecule has 0 spiro atoms. The van der Waals surface area contributed by atoms with Gasteiger partial charge in [-0.3, -0.25) is 0 Å². The monoisotopic (exact) mass is 417 g/mol. The van der Waals surface area contributed by atoms with Crippen molar-refractivity contribution in [2.45, 2.75) is 63.9 Å². The molecule has 2 fully saturated rings. The maximum Gasteiger partial charge on any atom is 0.320 e. The first kappa shape index (κ1) is 20.3. The van der Waals surface area contributed by atoms with Crippen molar-refractivity contribution in [3.63, 3.8) is 0 Å². The van der Waals surface area contributed by atoms with Crippen LogP contribution in [0.15, 0.2) is 52.9 Å². The highest BCUT2D eigenvalue weighted by molar-refractivity contribution is 5.67. The minimum atomic E-state index is 0.134. The molecular formula is C26H31N3O2. The smallest absolute Gasteiger partial charge is 0.320 e. The van der Waals surface area contributed by atoms with Crippen LogP contribution in [0.4, 0.5) is 11.7 Å². The number of nitrogens with one attached hydrogen (secondary N) is 1. The zero-order chi connectivity index (χ0) is 21.5. The molecule has 3 aromatic rings. The first-order valence-electron chi connectivity index (χ1n) is 11.4. The van der Waals surface area contributed by atoms with Gasteiger partial charge in [0.05, 0.1) is 12.2 Å². The van der Waals surface area contributed by atoms with E-state index in [4.69, 9.17) is 9.15 Å². The summed E-state index contributed by atoms with van der Waals surface area (Å²) in [4.78, 5) is 0. The first-order chi connectivity index (χ1) is 15.0. The van der Waals surface area contributed by atoms with E-state index in [-0.39, 0.29) is 11.0 Å². The molecule has 0 amide bonds. The van der Waals surface area contributed by atoms with Crippen LogP contribution < -0.4 is 5.32 Å². The van der Waals surface area contributed by atoms with Gasteiger partial charge in [0.25, 0.3) is 0 Å². The molecule has 31 heavy (non-hydrogen) atoms. The standard InChI is InChI=1S/C26H31N3O2/c1-4-26-14-13-25(16-26,17-30-26)21-9-5-19(6-10-21)20-7-11-22(12-8-20)27-24-29-28-23(31-24)15-18(2)3/h5-12,18H,4,13-17H2,1-3H3,(H,27,29). The molecule has 2 bridgehead atoms. The fourth-order valence-corrected chi connectivity index (χ4v) is 5.15. The van der Waals surface area contributed by atoms with Crippen molar-refractivity contribution in [3.05, 3.63) is 60.0 Å². The number of ether oxygens (including phenoxy) is 1. The lowest BCUT2D eigenvalue weighted by atomic mass is 9.79. The third-order valence-corrected chi connectivity index (χ3v) is 7.04. The first-order valence-corrected chi connectivity index (χ1v) is 11.4. The van der Waals surface area contributed by atoms with Crippen LogP contribution in [0.5, 0.6) is 0 Å².